The van der Waals surface area contributed by atoms with E-state index in [0.29, 0.717) is 5.82 Å². The molecule has 90 valence electrons. The maximum atomic E-state index is 10.7. The van der Waals surface area contributed by atoms with Gasteiger partial charge in [0.1, 0.15) is 0 Å². The van der Waals surface area contributed by atoms with Crippen molar-refractivity contribution in [3.05, 3.63) is 60.4 Å². The minimum absolute atomic E-state index is 0.0833. The molecule has 0 radical (unpaired) electrons. The fraction of sp³-hybridized carbons (Fsp3) is 0.0714. The summed E-state index contributed by atoms with van der Waals surface area (Å²) < 4.78 is 0. The molecule has 0 saturated heterocycles. The number of nitrogens with zero attached hydrogens (tertiary/aromatic N) is 2. The minimum Gasteiger partial charge on any atom is -0.478 e. The topological polar surface area (TPSA) is 63.1 Å². The first-order valence-corrected chi connectivity index (χ1v) is 5.47. The van der Waals surface area contributed by atoms with Crippen molar-refractivity contribution in [2.24, 2.45) is 0 Å². The lowest BCUT2D eigenvalue weighted by Crippen LogP contribution is -2.00. The van der Waals surface area contributed by atoms with Crippen LogP contribution in [0.2, 0.25) is 0 Å². The van der Waals surface area contributed by atoms with Crippen LogP contribution in [0.5, 0.6) is 0 Å². The molecule has 0 amide bonds. The van der Waals surface area contributed by atoms with Gasteiger partial charge in [0, 0.05) is 18.0 Å². The monoisotopic (exact) mass is 240 g/mol. The average molecular weight is 240 g/mol. The van der Waals surface area contributed by atoms with Crippen molar-refractivity contribution in [3.8, 4) is 11.4 Å². The van der Waals surface area contributed by atoms with Gasteiger partial charge in [0.25, 0.3) is 0 Å². The van der Waals surface area contributed by atoms with Crippen LogP contribution >= 0.6 is 0 Å². The van der Waals surface area contributed by atoms with Crippen LogP contribution in [0.15, 0.2) is 49.3 Å². The second-order valence-electron chi connectivity index (χ2n) is 3.75. The molecule has 0 fully saturated rings. The van der Waals surface area contributed by atoms with Crippen LogP contribution in [0.3, 0.4) is 0 Å². The molecule has 0 aliphatic rings. The van der Waals surface area contributed by atoms with Crippen LogP contribution in [-0.2, 0) is 6.42 Å². The van der Waals surface area contributed by atoms with E-state index < -0.39 is 5.97 Å². The third-order valence-electron chi connectivity index (χ3n) is 2.52. The van der Waals surface area contributed by atoms with E-state index >= 15 is 0 Å². The fourth-order valence-corrected chi connectivity index (χ4v) is 1.65. The Morgan fingerprint density at radius 1 is 1.28 bits per heavy atom. The third-order valence-corrected chi connectivity index (χ3v) is 2.52. The third kappa shape index (κ3) is 2.43. The van der Waals surface area contributed by atoms with Crippen LogP contribution in [-0.4, -0.2) is 21.0 Å². The minimum atomic E-state index is -1.03. The lowest BCUT2D eigenvalue weighted by atomic mass is 10.0. The zero-order valence-corrected chi connectivity index (χ0v) is 9.71. The van der Waals surface area contributed by atoms with E-state index in [4.69, 9.17) is 5.11 Å². The SMILES string of the molecule is C=CCc1ccccc1-c1ncc(C(=O)O)cn1. The van der Waals surface area contributed by atoms with Gasteiger partial charge in [-0.3, -0.25) is 0 Å². The molecule has 0 saturated carbocycles. The van der Waals surface area contributed by atoms with E-state index in [-0.39, 0.29) is 5.56 Å². The number of carbonyl (C=O) groups is 1. The van der Waals surface area contributed by atoms with Gasteiger partial charge in [-0.1, -0.05) is 30.3 Å². The van der Waals surface area contributed by atoms with Gasteiger partial charge in [0.2, 0.25) is 0 Å². The Balaban J connectivity index is 2.42. The zero-order valence-electron chi connectivity index (χ0n) is 9.71. The summed E-state index contributed by atoms with van der Waals surface area (Å²) in [5.74, 6) is -0.502. The number of hydrogen-bond donors (Lipinski definition) is 1. The lowest BCUT2D eigenvalue weighted by Gasteiger charge is -2.06. The van der Waals surface area contributed by atoms with Crippen molar-refractivity contribution in [2.45, 2.75) is 6.42 Å². The summed E-state index contributed by atoms with van der Waals surface area (Å²) in [7, 11) is 0. The first-order chi connectivity index (χ1) is 8.72. The highest BCUT2D eigenvalue weighted by Crippen LogP contribution is 2.20. The Kier molecular flexibility index (Phi) is 3.48. The van der Waals surface area contributed by atoms with Crippen molar-refractivity contribution in [3.63, 3.8) is 0 Å². The number of benzene rings is 1. The summed E-state index contributed by atoms with van der Waals surface area (Å²) in [5, 5.41) is 8.79. The van der Waals surface area contributed by atoms with Crippen LogP contribution in [0.25, 0.3) is 11.4 Å². The Labute approximate surface area is 105 Å². The molecular weight excluding hydrogens is 228 g/mol. The molecule has 2 aromatic rings. The van der Waals surface area contributed by atoms with E-state index in [1.165, 1.54) is 12.4 Å². The molecule has 0 bridgehead atoms. The molecule has 1 heterocycles. The second-order valence-corrected chi connectivity index (χ2v) is 3.75. The van der Waals surface area contributed by atoms with Crippen molar-refractivity contribution in [2.75, 3.05) is 0 Å². The molecule has 0 spiro atoms. The van der Waals surface area contributed by atoms with Gasteiger partial charge in [0.05, 0.1) is 5.56 Å². The van der Waals surface area contributed by atoms with E-state index in [0.717, 1.165) is 17.5 Å². The number of aromatic nitrogens is 2. The van der Waals surface area contributed by atoms with Crippen molar-refractivity contribution in [1.82, 2.24) is 9.97 Å². The Hall–Kier alpha value is -2.49. The second kappa shape index (κ2) is 5.23. The number of allylic oxidation sites excluding steroid dienone is 1. The van der Waals surface area contributed by atoms with Gasteiger partial charge < -0.3 is 5.11 Å². The molecule has 18 heavy (non-hydrogen) atoms. The van der Waals surface area contributed by atoms with Crippen molar-refractivity contribution < 1.29 is 9.90 Å². The highest BCUT2D eigenvalue weighted by molar-refractivity contribution is 5.86. The predicted octanol–water partition coefficient (Wildman–Crippen LogP) is 2.57. The largest absolute Gasteiger partial charge is 0.478 e. The Morgan fingerprint density at radius 3 is 2.56 bits per heavy atom. The Morgan fingerprint density at radius 2 is 1.94 bits per heavy atom. The van der Waals surface area contributed by atoms with Crippen LogP contribution < -0.4 is 0 Å². The number of carboxylic acid groups (broad SMARTS) is 1. The molecule has 2 rings (SSSR count). The summed E-state index contributed by atoms with van der Waals surface area (Å²) in [6, 6.07) is 7.73. The lowest BCUT2D eigenvalue weighted by molar-refractivity contribution is 0.0696. The van der Waals surface area contributed by atoms with E-state index in [2.05, 4.69) is 16.5 Å². The van der Waals surface area contributed by atoms with Gasteiger partial charge in [-0.15, -0.1) is 6.58 Å². The maximum absolute atomic E-state index is 10.7. The van der Waals surface area contributed by atoms with E-state index in [9.17, 15) is 4.79 Å². The smallest absolute Gasteiger partial charge is 0.338 e. The standard InChI is InChI=1S/C14H12N2O2/c1-2-5-10-6-3-4-7-12(10)13-15-8-11(9-16-13)14(17)18/h2-4,6-9H,1,5H2,(H,17,18). The molecule has 1 aromatic carbocycles. The molecule has 0 aliphatic carbocycles. The summed E-state index contributed by atoms with van der Waals surface area (Å²) in [5.41, 5.74) is 2.05. The quantitative estimate of drug-likeness (QED) is 0.834. The molecule has 0 unspecified atom stereocenters. The molecular formula is C14H12N2O2. The first-order valence-electron chi connectivity index (χ1n) is 5.47. The highest BCUT2D eigenvalue weighted by atomic mass is 16.4. The van der Waals surface area contributed by atoms with Crippen LogP contribution in [0.4, 0.5) is 0 Å². The molecule has 4 nitrogen and oxygen atoms in total. The highest BCUT2D eigenvalue weighted by Gasteiger charge is 2.08. The summed E-state index contributed by atoms with van der Waals surface area (Å²) >= 11 is 0. The number of hydrogen-bond acceptors (Lipinski definition) is 3. The normalized spacial score (nSPS) is 10.0. The number of carboxylic acids is 1. The van der Waals surface area contributed by atoms with Gasteiger partial charge >= 0.3 is 5.97 Å². The zero-order chi connectivity index (χ0) is 13.0. The van der Waals surface area contributed by atoms with E-state index in [1.54, 1.807) is 0 Å². The summed E-state index contributed by atoms with van der Waals surface area (Å²) in [6.45, 7) is 3.71. The van der Waals surface area contributed by atoms with E-state index in [1.807, 2.05) is 30.3 Å². The summed E-state index contributed by atoms with van der Waals surface area (Å²) in [6.07, 6.45) is 5.16. The molecule has 0 atom stereocenters. The molecule has 1 aromatic heterocycles. The predicted molar refractivity (Wildman–Crippen MR) is 68.3 cm³/mol. The number of rotatable bonds is 4. The maximum Gasteiger partial charge on any atom is 0.338 e. The Bertz CT molecular complexity index is 577. The fourth-order valence-electron chi connectivity index (χ4n) is 1.65. The molecule has 1 N–H and O–H groups in total. The van der Waals surface area contributed by atoms with Crippen molar-refractivity contribution >= 4 is 5.97 Å². The van der Waals surface area contributed by atoms with Gasteiger partial charge in [-0.2, -0.15) is 0 Å². The van der Waals surface area contributed by atoms with Gasteiger partial charge in [-0.25, -0.2) is 14.8 Å². The van der Waals surface area contributed by atoms with Crippen LogP contribution in [0, 0.1) is 0 Å². The first kappa shape index (κ1) is 12.0. The molecule has 4 heteroatoms. The van der Waals surface area contributed by atoms with Gasteiger partial charge in [-0.05, 0) is 12.0 Å². The van der Waals surface area contributed by atoms with Crippen molar-refractivity contribution in [1.29, 1.82) is 0 Å². The number of aromatic carboxylic acids is 1. The average Bonchev–Trinajstić information content (AvgIpc) is 2.40. The van der Waals surface area contributed by atoms with Crippen LogP contribution in [0.1, 0.15) is 15.9 Å². The van der Waals surface area contributed by atoms with Gasteiger partial charge in [0.15, 0.2) is 5.82 Å². The summed E-state index contributed by atoms with van der Waals surface area (Å²) in [4.78, 5) is 18.9. The molecule has 0 aliphatic heterocycles.